The summed E-state index contributed by atoms with van der Waals surface area (Å²) < 4.78 is 5.85. The Labute approximate surface area is 140 Å². The van der Waals surface area contributed by atoms with Gasteiger partial charge in [0.1, 0.15) is 0 Å². The highest BCUT2D eigenvalue weighted by Crippen LogP contribution is 2.27. The first-order chi connectivity index (χ1) is 11.0. The van der Waals surface area contributed by atoms with Gasteiger partial charge in [0, 0.05) is 23.2 Å². The number of fused-ring (bicyclic) bond motifs is 1. The van der Waals surface area contributed by atoms with Crippen LogP contribution in [0.4, 0.5) is 5.69 Å². The van der Waals surface area contributed by atoms with Crippen LogP contribution in [0.5, 0.6) is 0 Å². The third kappa shape index (κ3) is 3.29. The highest BCUT2D eigenvalue weighted by atomic mass is 79.9. The SMILES string of the molecule is CC(=O)O[C@@H]1N=C(c2ccccn2)c2cc(Br)ccc2NC1=O. The van der Waals surface area contributed by atoms with Crippen LogP contribution in [0.3, 0.4) is 0 Å². The zero-order valence-corrected chi connectivity index (χ0v) is 13.7. The molecule has 0 saturated carbocycles. The second-order valence-corrected chi connectivity index (χ2v) is 5.75. The highest BCUT2D eigenvalue weighted by molar-refractivity contribution is 9.10. The lowest BCUT2D eigenvalue weighted by atomic mass is 10.0. The predicted octanol–water partition coefficient (Wildman–Crippen LogP) is 2.52. The van der Waals surface area contributed by atoms with Gasteiger partial charge in [-0.2, -0.15) is 0 Å². The van der Waals surface area contributed by atoms with Crippen LogP contribution in [-0.2, 0) is 14.3 Å². The summed E-state index contributed by atoms with van der Waals surface area (Å²) in [5.41, 5.74) is 2.34. The molecule has 1 atom stereocenters. The zero-order valence-electron chi connectivity index (χ0n) is 12.1. The average Bonchev–Trinajstić information content (AvgIpc) is 2.65. The maximum Gasteiger partial charge on any atom is 0.305 e. The number of benzodiazepines with no additional fused rings is 1. The first kappa shape index (κ1) is 15.4. The molecule has 0 aliphatic carbocycles. The van der Waals surface area contributed by atoms with E-state index in [0.717, 1.165) is 4.47 Å². The van der Waals surface area contributed by atoms with Gasteiger partial charge in [0.25, 0.3) is 12.1 Å². The first-order valence-corrected chi connectivity index (χ1v) is 7.61. The van der Waals surface area contributed by atoms with Crippen LogP contribution < -0.4 is 5.32 Å². The lowest BCUT2D eigenvalue weighted by molar-refractivity contribution is -0.151. The predicted molar refractivity (Wildman–Crippen MR) is 88.2 cm³/mol. The van der Waals surface area contributed by atoms with E-state index in [0.29, 0.717) is 22.7 Å². The number of esters is 1. The van der Waals surface area contributed by atoms with Gasteiger partial charge in [0.15, 0.2) is 0 Å². The summed E-state index contributed by atoms with van der Waals surface area (Å²) in [6, 6.07) is 10.8. The summed E-state index contributed by atoms with van der Waals surface area (Å²) in [6.45, 7) is 1.23. The Morgan fingerprint density at radius 2 is 2.13 bits per heavy atom. The topological polar surface area (TPSA) is 80.7 Å². The molecule has 23 heavy (non-hydrogen) atoms. The van der Waals surface area contributed by atoms with Crippen LogP contribution in [0, 0.1) is 0 Å². The maximum absolute atomic E-state index is 12.2. The van der Waals surface area contributed by atoms with E-state index < -0.39 is 18.1 Å². The molecule has 1 N–H and O–H groups in total. The van der Waals surface area contributed by atoms with Gasteiger partial charge in [-0.3, -0.25) is 14.6 Å². The minimum Gasteiger partial charge on any atom is -0.430 e. The molecule has 1 aliphatic heterocycles. The molecule has 0 unspecified atom stereocenters. The molecule has 116 valence electrons. The second kappa shape index (κ2) is 6.29. The van der Waals surface area contributed by atoms with Crippen LogP contribution in [0.2, 0.25) is 0 Å². The molecular formula is C16H12BrN3O3. The molecule has 1 amide bonds. The molecule has 2 heterocycles. The summed E-state index contributed by atoms with van der Waals surface area (Å²) in [6.07, 6.45) is 0.381. The Hall–Kier alpha value is -2.54. The summed E-state index contributed by atoms with van der Waals surface area (Å²) in [7, 11) is 0. The molecule has 1 aliphatic rings. The first-order valence-electron chi connectivity index (χ1n) is 6.82. The van der Waals surface area contributed by atoms with E-state index in [-0.39, 0.29) is 0 Å². The van der Waals surface area contributed by atoms with Crippen molar-refractivity contribution in [3.05, 3.63) is 58.3 Å². The van der Waals surface area contributed by atoms with E-state index >= 15 is 0 Å². The van der Waals surface area contributed by atoms with Gasteiger partial charge in [-0.05, 0) is 30.3 Å². The van der Waals surface area contributed by atoms with Crippen molar-refractivity contribution >= 4 is 39.2 Å². The van der Waals surface area contributed by atoms with E-state index in [2.05, 4.69) is 31.2 Å². The summed E-state index contributed by atoms with van der Waals surface area (Å²) in [5, 5.41) is 2.73. The minimum absolute atomic E-state index is 0.478. The molecule has 7 heteroatoms. The summed E-state index contributed by atoms with van der Waals surface area (Å²) >= 11 is 3.41. The molecule has 0 spiro atoms. The Bertz CT molecular complexity index is 805. The van der Waals surface area contributed by atoms with Crippen LogP contribution in [0.15, 0.2) is 52.1 Å². The third-order valence-electron chi connectivity index (χ3n) is 3.15. The molecule has 6 nitrogen and oxygen atoms in total. The third-order valence-corrected chi connectivity index (χ3v) is 3.64. The molecule has 1 aromatic heterocycles. The van der Waals surface area contributed by atoms with Gasteiger partial charge in [-0.25, -0.2) is 4.99 Å². The number of aliphatic imine (C=N–C) groups is 1. The molecule has 2 aromatic rings. The fraction of sp³-hybridized carbons (Fsp3) is 0.125. The van der Waals surface area contributed by atoms with Crippen molar-refractivity contribution in [2.45, 2.75) is 13.2 Å². The molecule has 0 saturated heterocycles. The van der Waals surface area contributed by atoms with Gasteiger partial charge in [0.05, 0.1) is 17.1 Å². The number of halogens is 1. The monoisotopic (exact) mass is 373 g/mol. The van der Waals surface area contributed by atoms with Crippen molar-refractivity contribution in [1.82, 2.24) is 4.98 Å². The normalized spacial score (nSPS) is 16.7. The number of hydrogen-bond donors (Lipinski definition) is 1. The van der Waals surface area contributed by atoms with E-state index in [4.69, 9.17) is 4.74 Å². The number of carbonyl (C=O) groups excluding carboxylic acids is 2. The van der Waals surface area contributed by atoms with E-state index in [1.165, 1.54) is 6.92 Å². The number of hydrogen-bond acceptors (Lipinski definition) is 5. The van der Waals surface area contributed by atoms with Gasteiger partial charge in [-0.15, -0.1) is 0 Å². The molecular weight excluding hydrogens is 362 g/mol. The smallest absolute Gasteiger partial charge is 0.305 e. The Morgan fingerprint density at radius 1 is 1.30 bits per heavy atom. The van der Waals surface area contributed by atoms with Crippen LogP contribution in [0.1, 0.15) is 18.2 Å². The fourth-order valence-corrected chi connectivity index (χ4v) is 2.57. The van der Waals surface area contributed by atoms with Gasteiger partial charge < -0.3 is 10.1 Å². The standard InChI is InChI=1S/C16H12BrN3O3/c1-9(21)23-16-15(22)19-12-6-5-10(17)8-11(12)14(20-16)13-4-2-3-7-18-13/h2-8,16H,1H3,(H,19,22)/t16-/m0/s1. The van der Waals surface area contributed by atoms with Crippen molar-refractivity contribution in [1.29, 1.82) is 0 Å². The van der Waals surface area contributed by atoms with Crippen LogP contribution >= 0.6 is 15.9 Å². The minimum atomic E-state index is -1.25. The number of anilines is 1. The van der Waals surface area contributed by atoms with Crippen molar-refractivity contribution in [2.75, 3.05) is 5.32 Å². The number of nitrogens with one attached hydrogen (secondary N) is 1. The summed E-state index contributed by atoms with van der Waals surface area (Å²) in [5.74, 6) is -1.09. The van der Waals surface area contributed by atoms with E-state index in [9.17, 15) is 9.59 Å². The zero-order chi connectivity index (χ0) is 16.4. The number of amides is 1. The second-order valence-electron chi connectivity index (χ2n) is 4.83. The van der Waals surface area contributed by atoms with Gasteiger partial charge >= 0.3 is 5.97 Å². The molecule has 3 rings (SSSR count). The van der Waals surface area contributed by atoms with Crippen LogP contribution in [0.25, 0.3) is 0 Å². The van der Waals surface area contributed by atoms with Crippen molar-refractivity contribution in [3.63, 3.8) is 0 Å². The van der Waals surface area contributed by atoms with E-state index in [1.54, 1.807) is 30.5 Å². The molecule has 1 aromatic carbocycles. The van der Waals surface area contributed by atoms with Crippen molar-refractivity contribution in [3.8, 4) is 0 Å². The number of nitrogens with zero attached hydrogens (tertiary/aromatic N) is 2. The van der Waals surface area contributed by atoms with Gasteiger partial charge in [-0.1, -0.05) is 22.0 Å². The number of benzene rings is 1. The van der Waals surface area contributed by atoms with Crippen molar-refractivity contribution in [2.24, 2.45) is 4.99 Å². The number of carbonyl (C=O) groups is 2. The lowest BCUT2D eigenvalue weighted by Crippen LogP contribution is -2.29. The largest absolute Gasteiger partial charge is 0.430 e. The number of ether oxygens (including phenoxy) is 1. The maximum atomic E-state index is 12.2. The average molecular weight is 374 g/mol. The lowest BCUT2D eigenvalue weighted by Gasteiger charge is -2.10. The molecule has 0 fully saturated rings. The van der Waals surface area contributed by atoms with Gasteiger partial charge in [0.2, 0.25) is 0 Å². The number of aromatic nitrogens is 1. The highest BCUT2D eigenvalue weighted by Gasteiger charge is 2.28. The number of rotatable bonds is 2. The Morgan fingerprint density at radius 3 is 2.83 bits per heavy atom. The van der Waals surface area contributed by atoms with Crippen LogP contribution in [-0.4, -0.2) is 28.8 Å². The number of pyridine rings is 1. The molecule has 0 radical (unpaired) electrons. The fourth-order valence-electron chi connectivity index (χ4n) is 2.21. The van der Waals surface area contributed by atoms with E-state index in [1.807, 2.05) is 12.1 Å². The Balaban J connectivity index is 2.18. The Kier molecular flexibility index (Phi) is 4.20. The quantitative estimate of drug-likeness (QED) is 0.820. The van der Waals surface area contributed by atoms with Crippen molar-refractivity contribution < 1.29 is 14.3 Å². The summed E-state index contributed by atoms with van der Waals surface area (Å²) in [4.78, 5) is 32.1. The molecule has 0 bridgehead atoms.